The third-order valence-electron chi connectivity index (χ3n) is 7.47. The molecule has 1 unspecified atom stereocenters. The van der Waals surface area contributed by atoms with Crippen molar-refractivity contribution in [2.75, 3.05) is 42.6 Å². The molecule has 1 atom stereocenters. The lowest BCUT2D eigenvalue weighted by molar-refractivity contribution is -0.162. The van der Waals surface area contributed by atoms with Gasteiger partial charge in [0.05, 0.1) is 11.3 Å². The van der Waals surface area contributed by atoms with Crippen LogP contribution < -0.4 is 9.80 Å². The van der Waals surface area contributed by atoms with Crippen molar-refractivity contribution >= 4 is 35.2 Å². The van der Waals surface area contributed by atoms with Crippen LogP contribution in [-0.4, -0.2) is 83.0 Å². The average molecular weight is 490 g/mol. The highest BCUT2D eigenvalue weighted by atomic mass is 16.5. The molecule has 3 amide bonds. The molecule has 1 saturated carbocycles. The number of fused-ring (bicyclic) bond motifs is 3. The van der Waals surface area contributed by atoms with Crippen molar-refractivity contribution in [3.63, 3.8) is 0 Å². The lowest BCUT2D eigenvalue weighted by atomic mass is 9.96. The van der Waals surface area contributed by atoms with Crippen LogP contribution in [0.3, 0.4) is 0 Å². The maximum absolute atomic E-state index is 13.7. The van der Waals surface area contributed by atoms with Gasteiger partial charge in [0.15, 0.2) is 6.61 Å². The second kappa shape index (κ2) is 8.61. The number of hydrogen-bond donors (Lipinski definition) is 0. The summed E-state index contributed by atoms with van der Waals surface area (Å²) in [6, 6.07) is 12.5. The SMILES string of the molecule is O=C(COC(=O)C12CCC(=O)N1c1ccccc1C(=O)N2C1CC1)N1CCN(c2ccccn2)CC1. The molecule has 4 heterocycles. The Balaban J connectivity index is 1.18. The fourth-order valence-electron chi connectivity index (χ4n) is 5.57. The topological polar surface area (TPSA) is 103 Å². The van der Waals surface area contributed by atoms with Gasteiger partial charge < -0.3 is 19.4 Å². The predicted octanol–water partition coefficient (Wildman–Crippen LogP) is 1.41. The smallest absolute Gasteiger partial charge is 0.354 e. The predicted molar refractivity (Wildman–Crippen MR) is 129 cm³/mol. The number of piperazine rings is 1. The number of nitrogens with zero attached hydrogens (tertiary/aromatic N) is 5. The van der Waals surface area contributed by atoms with Crippen molar-refractivity contribution in [3.8, 4) is 0 Å². The molecule has 4 aliphatic rings. The summed E-state index contributed by atoms with van der Waals surface area (Å²) in [5.41, 5.74) is -0.706. The fraction of sp³-hybridized carbons (Fsp3) is 0.423. The molecule has 186 valence electrons. The monoisotopic (exact) mass is 489 g/mol. The molecule has 1 aromatic carbocycles. The zero-order valence-corrected chi connectivity index (χ0v) is 19.8. The zero-order valence-electron chi connectivity index (χ0n) is 19.8. The van der Waals surface area contributed by atoms with Gasteiger partial charge >= 0.3 is 5.97 Å². The quantitative estimate of drug-likeness (QED) is 0.585. The van der Waals surface area contributed by atoms with Crippen LogP contribution in [0.5, 0.6) is 0 Å². The summed E-state index contributed by atoms with van der Waals surface area (Å²) < 4.78 is 5.59. The molecule has 0 spiro atoms. The first-order valence-electron chi connectivity index (χ1n) is 12.4. The molecule has 3 fully saturated rings. The third kappa shape index (κ3) is 3.51. The van der Waals surface area contributed by atoms with Crippen molar-refractivity contribution in [2.45, 2.75) is 37.4 Å². The summed E-state index contributed by atoms with van der Waals surface area (Å²) in [4.78, 5) is 64.2. The van der Waals surface area contributed by atoms with Gasteiger partial charge in [0.1, 0.15) is 5.82 Å². The second-order valence-electron chi connectivity index (χ2n) is 9.60. The van der Waals surface area contributed by atoms with Gasteiger partial charge in [-0.25, -0.2) is 9.78 Å². The minimum absolute atomic E-state index is 0.123. The summed E-state index contributed by atoms with van der Waals surface area (Å²) in [6.45, 7) is 1.80. The van der Waals surface area contributed by atoms with E-state index < -0.39 is 18.2 Å². The van der Waals surface area contributed by atoms with Crippen molar-refractivity contribution in [2.24, 2.45) is 0 Å². The molecule has 0 radical (unpaired) electrons. The summed E-state index contributed by atoms with van der Waals surface area (Å²) >= 11 is 0. The van der Waals surface area contributed by atoms with Crippen LogP contribution in [0.15, 0.2) is 48.7 Å². The lowest BCUT2D eigenvalue weighted by Gasteiger charge is -2.48. The number of esters is 1. The lowest BCUT2D eigenvalue weighted by Crippen LogP contribution is -2.69. The Hall–Kier alpha value is -3.95. The van der Waals surface area contributed by atoms with Gasteiger partial charge in [-0.1, -0.05) is 18.2 Å². The van der Waals surface area contributed by atoms with Crippen LogP contribution in [0.4, 0.5) is 11.5 Å². The third-order valence-corrected chi connectivity index (χ3v) is 7.47. The molecule has 2 aromatic rings. The highest BCUT2D eigenvalue weighted by Crippen LogP contribution is 2.49. The first-order chi connectivity index (χ1) is 17.5. The van der Waals surface area contributed by atoms with E-state index in [1.54, 1.807) is 40.3 Å². The molecule has 1 aliphatic carbocycles. The van der Waals surface area contributed by atoms with Crippen LogP contribution >= 0.6 is 0 Å². The molecular weight excluding hydrogens is 462 g/mol. The van der Waals surface area contributed by atoms with Gasteiger partial charge in [-0.05, 0) is 37.1 Å². The van der Waals surface area contributed by atoms with Crippen LogP contribution in [0.1, 0.15) is 36.0 Å². The average Bonchev–Trinajstić information content (AvgIpc) is 3.69. The number of amides is 3. The van der Waals surface area contributed by atoms with Crippen molar-refractivity contribution in [1.82, 2.24) is 14.8 Å². The number of rotatable bonds is 5. The number of ether oxygens (including phenoxy) is 1. The Kier molecular flexibility index (Phi) is 5.39. The van der Waals surface area contributed by atoms with Crippen molar-refractivity contribution in [1.29, 1.82) is 0 Å². The molecule has 2 saturated heterocycles. The second-order valence-corrected chi connectivity index (χ2v) is 9.60. The van der Waals surface area contributed by atoms with E-state index in [1.807, 2.05) is 18.2 Å². The molecule has 10 heteroatoms. The van der Waals surface area contributed by atoms with E-state index in [-0.39, 0.29) is 36.6 Å². The van der Waals surface area contributed by atoms with Crippen molar-refractivity contribution in [3.05, 3.63) is 54.2 Å². The molecule has 3 aliphatic heterocycles. The largest absolute Gasteiger partial charge is 0.452 e. The summed E-state index contributed by atoms with van der Waals surface area (Å²) in [5.74, 6) is -0.647. The Morgan fingerprint density at radius 1 is 1.00 bits per heavy atom. The summed E-state index contributed by atoms with van der Waals surface area (Å²) in [5, 5.41) is 0. The minimum Gasteiger partial charge on any atom is -0.452 e. The van der Waals surface area contributed by atoms with E-state index in [2.05, 4.69) is 9.88 Å². The van der Waals surface area contributed by atoms with E-state index >= 15 is 0 Å². The van der Waals surface area contributed by atoms with E-state index in [0.717, 1.165) is 18.7 Å². The Labute approximate surface area is 208 Å². The number of para-hydroxylation sites is 1. The molecule has 1 aromatic heterocycles. The van der Waals surface area contributed by atoms with E-state index in [1.165, 1.54) is 4.90 Å². The molecule has 0 bridgehead atoms. The number of carbonyl (C=O) groups is 4. The minimum atomic E-state index is -1.54. The summed E-state index contributed by atoms with van der Waals surface area (Å²) in [6.07, 6.45) is 3.55. The molecule has 6 rings (SSSR count). The first-order valence-corrected chi connectivity index (χ1v) is 12.4. The highest BCUT2D eigenvalue weighted by Gasteiger charge is 2.64. The molecular formula is C26H27N5O5. The highest BCUT2D eigenvalue weighted by molar-refractivity contribution is 6.15. The van der Waals surface area contributed by atoms with Gasteiger partial charge in [0, 0.05) is 51.3 Å². The standard InChI is InChI=1S/C26H27N5O5/c32-22-10-11-26(30(18-8-9-18)24(34)19-5-1-2-6-20(19)31(22)26)25(35)36-17-23(33)29-15-13-28(14-16-29)21-7-3-4-12-27-21/h1-7,12,18H,8-11,13-17H2. The van der Waals surface area contributed by atoms with E-state index in [4.69, 9.17) is 4.74 Å². The number of anilines is 2. The Morgan fingerprint density at radius 3 is 2.47 bits per heavy atom. The normalized spacial score (nSPS) is 23.4. The van der Waals surface area contributed by atoms with E-state index in [9.17, 15) is 19.2 Å². The van der Waals surface area contributed by atoms with Gasteiger partial charge in [-0.3, -0.25) is 19.3 Å². The Morgan fingerprint density at radius 2 is 1.75 bits per heavy atom. The van der Waals surface area contributed by atoms with Crippen LogP contribution in [0, 0.1) is 0 Å². The molecule has 36 heavy (non-hydrogen) atoms. The van der Waals surface area contributed by atoms with Crippen LogP contribution in [0.2, 0.25) is 0 Å². The van der Waals surface area contributed by atoms with Gasteiger partial charge in [0.2, 0.25) is 11.6 Å². The van der Waals surface area contributed by atoms with Gasteiger partial charge in [-0.15, -0.1) is 0 Å². The zero-order chi connectivity index (χ0) is 24.9. The number of benzene rings is 1. The van der Waals surface area contributed by atoms with Gasteiger partial charge in [0.25, 0.3) is 11.8 Å². The molecule has 0 N–H and O–H groups in total. The maximum atomic E-state index is 13.7. The first kappa shape index (κ1) is 22.5. The number of carbonyl (C=O) groups excluding carboxylic acids is 4. The maximum Gasteiger partial charge on any atom is 0.354 e. The fourth-order valence-corrected chi connectivity index (χ4v) is 5.57. The molecule has 10 nitrogen and oxygen atoms in total. The summed E-state index contributed by atoms with van der Waals surface area (Å²) in [7, 11) is 0. The number of aromatic nitrogens is 1. The van der Waals surface area contributed by atoms with E-state index in [0.29, 0.717) is 37.4 Å². The van der Waals surface area contributed by atoms with Crippen molar-refractivity contribution < 1.29 is 23.9 Å². The van der Waals surface area contributed by atoms with Crippen LogP contribution in [-0.2, 0) is 19.1 Å². The number of pyridine rings is 1. The van der Waals surface area contributed by atoms with Gasteiger partial charge in [-0.2, -0.15) is 0 Å². The van der Waals surface area contributed by atoms with Crippen LogP contribution in [0.25, 0.3) is 0 Å². The number of hydrogen-bond acceptors (Lipinski definition) is 7. The Bertz CT molecular complexity index is 1220.